The van der Waals surface area contributed by atoms with Crippen LogP contribution in [0.3, 0.4) is 0 Å². The highest BCUT2D eigenvalue weighted by Gasteiger charge is 2.28. The zero-order chi connectivity index (χ0) is 15.0. The van der Waals surface area contributed by atoms with E-state index in [0.29, 0.717) is 18.6 Å². The lowest BCUT2D eigenvalue weighted by molar-refractivity contribution is 0.0550. The molecule has 0 radical (unpaired) electrons. The number of nitrogens with zero attached hydrogens (tertiary/aromatic N) is 2. The molecule has 3 rings (SSSR count). The molecule has 1 aromatic carbocycles. The van der Waals surface area contributed by atoms with Crippen LogP contribution in [0.15, 0.2) is 30.5 Å². The first kappa shape index (κ1) is 14.3. The summed E-state index contributed by atoms with van der Waals surface area (Å²) in [5.41, 5.74) is 1.84. The Balaban J connectivity index is 1.75. The molecule has 0 amide bonds. The third kappa shape index (κ3) is 2.74. The van der Waals surface area contributed by atoms with Gasteiger partial charge in [0.25, 0.3) is 0 Å². The SMILES string of the molecule is CC1CN(CC(=O)c2c[nH]c3ccccc23)CC(C)N1C. The minimum atomic E-state index is 0.205. The van der Waals surface area contributed by atoms with Gasteiger partial charge in [-0.05, 0) is 27.0 Å². The molecule has 1 aromatic heterocycles. The van der Waals surface area contributed by atoms with E-state index in [-0.39, 0.29) is 5.78 Å². The van der Waals surface area contributed by atoms with Crippen molar-refractivity contribution in [2.75, 3.05) is 26.7 Å². The van der Waals surface area contributed by atoms with E-state index in [4.69, 9.17) is 0 Å². The van der Waals surface area contributed by atoms with E-state index in [1.165, 1.54) is 0 Å². The number of para-hydroxylation sites is 1. The summed E-state index contributed by atoms with van der Waals surface area (Å²) in [6.07, 6.45) is 1.84. The molecule has 2 aromatic rings. The number of carbonyl (C=O) groups is 1. The minimum absolute atomic E-state index is 0.205. The molecule has 0 bridgehead atoms. The summed E-state index contributed by atoms with van der Waals surface area (Å²) >= 11 is 0. The average molecular weight is 285 g/mol. The van der Waals surface area contributed by atoms with Gasteiger partial charge in [-0.15, -0.1) is 0 Å². The highest BCUT2D eigenvalue weighted by Crippen LogP contribution is 2.19. The van der Waals surface area contributed by atoms with Crippen LogP contribution in [0, 0.1) is 0 Å². The van der Waals surface area contributed by atoms with E-state index in [1.807, 2.05) is 30.5 Å². The molecule has 1 aliphatic rings. The molecular formula is C17H23N3O. The molecule has 1 fully saturated rings. The van der Waals surface area contributed by atoms with Crippen LogP contribution in [0.5, 0.6) is 0 Å². The summed E-state index contributed by atoms with van der Waals surface area (Å²) in [7, 11) is 2.16. The van der Waals surface area contributed by atoms with Gasteiger partial charge in [0.2, 0.25) is 0 Å². The predicted molar refractivity (Wildman–Crippen MR) is 85.8 cm³/mol. The number of Topliss-reactive ketones (excluding diaryl/α,β-unsaturated/α-hetero) is 1. The largest absolute Gasteiger partial charge is 0.360 e. The highest BCUT2D eigenvalue weighted by molar-refractivity contribution is 6.08. The first-order valence-corrected chi connectivity index (χ1v) is 7.60. The molecule has 1 aliphatic heterocycles. The van der Waals surface area contributed by atoms with E-state index in [0.717, 1.165) is 29.6 Å². The van der Waals surface area contributed by atoms with Gasteiger partial charge in [0, 0.05) is 47.8 Å². The lowest BCUT2D eigenvalue weighted by atomic mass is 10.1. The molecule has 4 nitrogen and oxygen atoms in total. The number of piperazine rings is 1. The Morgan fingerprint density at radius 3 is 2.62 bits per heavy atom. The van der Waals surface area contributed by atoms with Crippen LogP contribution in [-0.2, 0) is 0 Å². The third-order valence-corrected chi connectivity index (χ3v) is 4.69. The summed E-state index contributed by atoms with van der Waals surface area (Å²) < 4.78 is 0. The third-order valence-electron chi connectivity index (χ3n) is 4.69. The van der Waals surface area contributed by atoms with E-state index in [2.05, 4.69) is 35.7 Å². The normalized spacial score (nSPS) is 24.5. The number of aromatic amines is 1. The summed E-state index contributed by atoms with van der Waals surface area (Å²) in [5, 5.41) is 1.03. The molecule has 21 heavy (non-hydrogen) atoms. The van der Waals surface area contributed by atoms with Crippen LogP contribution < -0.4 is 0 Å². The number of likely N-dealkylation sites (N-methyl/N-ethyl adjacent to an activating group) is 1. The van der Waals surface area contributed by atoms with Crippen molar-refractivity contribution in [1.82, 2.24) is 14.8 Å². The number of benzene rings is 1. The molecule has 1 N–H and O–H groups in total. The predicted octanol–water partition coefficient (Wildman–Crippen LogP) is 2.38. The Kier molecular flexibility index (Phi) is 3.83. The Morgan fingerprint density at radius 2 is 1.90 bits per heavy atom. The maximum absolute atomic E-state index is 12.6. The average Bonchev–Trinajstić information content (AvgIpc) is 2.88. The van der Waals surface area contributed by atoms with Crippen molar-refractivity contribution >= 4 is 16.7 Å². The van der Waals surface area contributed by atoms with E-state index < -0.39 is 0 Å². The van der Waals surface area contributed by atoms with Gasteiger partial charge in [-0.2, -0.15) is 0 Å². The van der Waals surface area contributed by atoms with Gasteiger partial charge in [-0.1, -0.05) is 18.2 Å². The first-order chi connectivity index (χ1) is 10.1. The summed E-state index contributed by atoms with van der Waals surface area (Å²) in [6.45, 7) is 6.85. The van der Waals surface area contributed by atoms with Crippen molar-refractivity contribution < 1.29 is 4.79 Å². The summed E-state index contributed by atoms with van der Waals surface area (Å²) in [4.78, 5) is 20.4. The first-order valence-electron chi connectivity index (χ1n) is 7.60. The quantitative estimate of drug-likeness (QED) is 0.880. The fourth-order valence-corrected chi connectivity index (χ4v) is 3.23. The fraction of sp³-hybridized carbons (Fsp3) is 0.471. The summed E-state index contributed by atoms with van der Waals surface area (Å²) in [5.74, 6) is 0.205. The van der Waals surface area contributed by atoms with Crippen molar-refractivity contribution in [2.45, 2.75) is 25.9 Å². The van der Waals surface area contributed by atoms with Crippen LogP contribution in [-0.4, -0.2) is 59.3 Å². The van der Waals surface area contributed by atoms with Crippen molar-refractivity contribution in [3.63, 3.8) is 0 Å². The van der Waals surface area contributed by atoms with Gasteiger partial charge in [-0.3, -0.25) is 14.6 Å². The molecule has 0 spiro atoms. The van der Waals surface area contributed by atoms with Crippen LogP contribution in [0.2, 0.25) is 0 Å². The Bertz CT molecular complexity index is 636. The standard InChI is InChI=1S/C17H23N3O/c1-12-9-20(10-13(2)19(12)3)11-17(21)15-8-18-16-7-5-4-6-14(15)16/h4-8,12-13,18H,9-11H2,1-3H3. The number of carbonyl (C=O) groups excluding carboxylic acids is 1. The Hall–Kier alpha value is -1.65. The molecule has 0 aliphatic carbocycles. The molecule has 2 atom stereocenters. The zero-order valence-electron chi connectivity index (χ0n) is 13.0. The topological polar surface area (TPSA) is 39.3 Å². The van der Waals surface area contributed by atoms with Gasteiger partial charge in [-0.25, -0.2) is 0 Å². The molecular weight excluding hydrogens is 262 g/mol. The second-order valence-electron chi connectivity index (χ2n) is 6.23. The number of nitrogens with one attached hydrogen (secondary N) is 1. The lowest BCUT2D eigenvalue weighted by Gasteiger charge is -2.42. The molecule has 112 valence electrons. The summed E-state index contributed by atoms with van der Waals surface area (Å²) in [6, 6.07) is 8.96. The molecule has 2 unspecified atom stereocenters. The van der Waals surface area contributed by atoms with Crippen molar-refractivity contribution in [2.24, 2.45) is 0 Å². The van der Waals surface area contributed by atoms with Gasteiger partial charge < -0.3 is 4.98 Å². The Morgan fingerprint density at radius 1 is 1.24 bits per heavy atom. The minimum Gasteiger partial charge on any atom is -0.360 e. The van der Waals surface area contributed by atoms with Crippen molar-refractivity contribution in [1.29, 1.82) is 0 Å². The molecule has 4 heteroatoms. The lowest BCUT2D eigenvalue weighted by Crippen LogP contribution is -2.55. The van der Waals surface area contributed by atoms with Crippen LogP contribution in [0.25, 0.3) is 10.9 Å². The van der Waals surface area contributed by atoms with Crippen molar-refractivity contribution in [3.8, 4) is 0 Å². The number of hydrogen-bond acceptors (Lipinski definition) is 3. The molecule has 1 saturated heterocycles. The van der Waals surface area contributed by atoms with E-state index >= 15 is 0 Å². The van der Waals surface area contributed by atoms with Gasteiger partial charge in [0.05, 0.1) is 6.54 Å². The van der Waals surface area contributed by atoms with Crippen LogP contribution in [0.1, 0.15) is 24.2 Å². The number of aromatic nitrogens is 1. The van der Waals surface area contributed by atoms with E-state index in [1.54, 1.807) is 0 Å². The number of fused-ring (bicyclic) bond motifs is 1. The second-order valence-corrected chi connectivity index (χ2v) is 6.23. The number of ketones is 1. The second kappa shape index (κ2) is 5.62. The maximum Gasteiger partial charge on any atom is 0.178 e. The number of hydrogen-bond donors (Lipinski definition) is 1. The van der Waals surface area contributed by atoms with Crippen LogP contribution >= 0.6 is 0 Å². The number of rotatable bonds is 3. The smallest absolute Gasteiger partial charge is 0.178 e. The highest BCUT2D eigenvalue weighted by atomic mass is 16.1. The number of H-pyrrole nitrogens is 1. The zero-order valence-corrected chi connectivity index (χ0v) is 13.0. The van der Waals surface area contributed by atoms with Gasteiger partial charge in [0.1, 0.15) is 0 Å². The maximum atomic E-state index is 12.6. The van der Waals surface area contributed by atoms with Crippen molar-refractivity contribution in [3.05, 3.63) is 36.0 Å². The van der Waals surface area contributed by atoms with Gasteiger partial charge in [0.15, 0.2) is 5.78 Å². The molecule has 2 heterocycles. The van der Waals surface area contributed by atoms with Crippen LogP contribution in [0.4, 0.5) is 0 Å². The van der Waals surface area contributed by atoms with E-state index in [9.17, 15) is 4.79 Å². The Labute approximate surface area is 125 Å². The van der Waals surface area contributed by atoms with Gasteiger partial charge >= 0.3 is 0 Å². The fourth-order valence-electron chi connectivity index (χ4n) is 3.23. The molecule has 0 saturated carbocycles. The monoisotopic (exact) mass is 285 g/mol.